The summed E-state index contributed by atoms with van der Waals surface area (Å²) in [4.78, 5) is 7.75. The average molecular weight is 344 g/mol. The zero-order valence-corrected chi connectivity index (χ0v) is 13.6. The highest BCUT2D eigenvalue weighted by Gasteiger charge is 2.27. The van der Waals surface area contributed by atoms with E-state index in [1.54, 1.807) is 18.7 Å². The van der Waals surface area contributed by atoms with E-state index in [1.165, 1.54) is 6.20 Å². The first-order valence-electron chi connectivity index (χ1n) is 6.42. The summed E-state index contributed by atoms with van der Waals surface area (Å²) in [5.41, 5.74) is 0.929. The van der Waals surface area contributed by atoms with E-state index in [1.807, 2.05) is 18.2 Å². The van der Waals surface area contributed by atoms with Crippen LogP contribution in [0, 0.1) is 6.92 Å². The maximum Gasteiger partial charge on any atom is 0.258 e. The Morgan fingerprint density at radius 3 is 3.00 bits per heavy atom. The smallest absolute Gasteiger partial charge is 0.258 e. The molecular weight excluding hydrogens is 330 g/mol. The molecule has 1 unspecified atom stereocenters. The fourth-order valence-corrected chi connectivity index (χ4v) is 4.78. The van der Waals surface area contributed by atoms with Crippen LogP contribution in [-0.4, -0.2) is 24.1 Å². The van der Waals surface area contributed by atoms with Gasteiger partial charge in [0, 0.05) is 16.0 Å². The molecule has 0 aliphatic carbocycles. The standard InChI is InChI=1S/C13H14ClN3O2S2/c1-8-15-7-13(16-8)21(18,19)17-11-4-5-20-12-3-2-9(14)6-10(11)12/h2-3,6-7,11,17H,4-5H2,1H3,(H,15,16). The van der Waals surface area contributed by atoms with Crippen molar-refractivity contribution in [2.45, 2.75) is 29.3 Å². The molecule has 1 aromatic heterocycles. The first-order valence-corrected chi connectivity index (χ1v) is 9.26. The Balaban J connectivity index is 1.91. The molecule has 0 radical (unpaired) electrons. The summed E-state index contributed by atoms with van der Waals surface area (Å²) in [6.07, 6.45) is 2.05. The van der Waals surface area contributed by atoms with E-state index in [-0.39, 0.29) is 11.1 Å². The van der Waals surface area contributed by atoms with Gasteiger partial charge >= 0.3 is 0 Å². The molecule has 5 nitrogen and oxygen atoms in total. The van der Waals surface area contributed by atoms with Crippen LogP contribution >= 0.6 is 23.4 Å². The number of fused-ring (bicyclic) bond motifs is 1. The number of aromatic nitrogens is 2. The topological polar surface area (TPSA) is 74.8 Å². The number of nitrogens with one attached hydrogen (secondary N) is 2. The van der Waals surface area contributed by atoms with Crippen molar-refractivity contribution in [3.63, 3.8) is 0 Å². The number of sulfonamides is 1. The summed E-state index contributed by atoms with van der Waals surface area (Å²) < 4.78 is 27.5. The van der Waals surface area contributed by atoms with Crippen molar-refractivity contribution >= 4 is 33.4 Å². The molecule has 0 amide bonds. The SMILES string of the molecule is Cc1ncc(S(=O)(=O)NC2CCSc3ccc(Cl)cc32)[nH]1. The lowest BCUT2D eigenvalue weighted by Crippen LogP contribution is -2.31. The molecular formula is C13H14ClN3O2S2. The molecule has 3 rings (SSSR count). The number of imidazole rings is 1. The maximum atomic E-state index is 12.4. The molecule has 0 fully saturated rings. The first kappa shape index (κ1) is 14.9. The Morgan fingerprint density at radius 2 is 2.29 bits per heavy atom. The number of hydrogen-bond donors (Lipinski definition) is 2. The molecule has 0 spiro atoms. The molecule has 21 heavy (non-hydrogen) atoms. The second kappa shape index (κ2) is 5.64. The van der Waals surface area contributed by atoms with Crippen LogP contribution in [0.5, 0.6) is 0 Å². The number of hydrogen-bond acceptors (Lipinski definition) is 4. The van der Waals surface area contributed by atoms with Crippen molar-refractivity contribution < 1.29 is 8.42 Å². The van der Waals surface area contributed by atoms with Crippen LogP contribution in [0.25, 0.3) is 0 Å². The number of benzene rings is 1. The summed E-state index contributed by atoms with van der Waals surface area (Å²) >= 11 is 7.74. The minimum absolute atomic E-state index is 0.0850. The van der Waals surface area contributed by atoms with Gasteiger partial charge in [-0.15, -0.1) is 11.8 Å². The number of halogens is 1. The van der Waals surface area contributed by atoms with Crippen LogP contribution in [0.15, 0.2) is 34.3 Å². The summed E-state index contributed by atoms with van der Waals surface area (Å²) in [7, 11) is -3.62. The normalized spacial score (nSPS) is 18.5. The van der Waals surface area contributed by atoms with Crippen LogP contribution < -0.4 is 4.72 Å². The molecule has 112 valence electrons. The van der Waals surface area contributed by atoms with Crippen molar-refractivity contribution in [2.24, 2.45) is 0 Å². The lowest BCUT2D eigenvalue weighted by molar-refractivity contribution is 0.543. The van der Waals surface area contributed by atoms with Crippen molar-refractivity contribution in [1.29, 1.82) is 0 Å². The zero-order valence-electron chi connectivity index (χ0n) is 11.3. The first-order chi connectivity index (χ1) is 9.95. The Hall–Kier alpha value is -1.02. The number of H-pyrrole nitrogens is 1. The third kappa shape index (κ3) is 3.11. The largest absolute Gasteiger partial charge is 0.332 e. The van der Waals surface area contributed by atoms with Gasteiger partial charge in [-0.1, -0.05) is 11.6 Å². The fraction of sp³-hybridized carbons (Fsp3) is 0.308. The van der Waals surface area contributed by atoms with Gasteiger partial charge in [0.15, 0.2) is 5.03 Å². The highest BCUT2D eigenvalue weighted by molar-refractivity contribution is 7.99. The van der Waals surface area contributed by atoms with Gasteiger partial charge < -0.3 is 4.98 Å². The Labute approximate surface area is 132 Å². The number of aryl methyl sites for hydroxylation is 1. The van der Waals surface area contributed by atoms with E-state index in [4.69, 9.17) is 11.6 Å². The lowest BCUT2D eigenvalue weighted by atomic mass is 10.1. The quantitative estimate of drug-likeness (QED) is 0.898. The molecule has 1 aliphatic heterocycles. The summed E-state index contributed by atoms with van der Waals surface area (Å²) in [5.74, 6) is 1.43. The maximum absolute atomic E-state index is 12.4. The molecule has 1 atom stereocenters. The predicted octanol–water partition coefficient (Wildman–Crippen LogP) is 2.89. The minimum Gasteiger partial charge on any atom is -0.332 e. The molecule has 1 aromatic carbocycles. The Morgan fingerprint density at radius 1 is 1.48 bits per heavy atom. The molecule has 0 saturated heterocycles. The molecule has 8 heteroatoms. The van der Waals surface area contributed by atoms with Gasteiger partial charge in [0.05, 0.1) is 6.20 Å². The molecule has 2 heterocycles. The second-order valence-electron chi connectivity index (χ2n) is 4.83. The van der Waals surface area contributed by atoms with Crippen LogP contribution in [0.4, 0.5) is 0 Å². The predicted molar refractivity (Wildman–Crippen MR) is 83.2 cm³/mol. The summed E-state index contributed by atoms with van der Waals surface area (Å²) in [6, 6.07) is 5.31. The van der Waals surface area contributed by atoms with E-state index < -0.39 is 10.0 Å². The molecule has 2 aromatic rings. The van der Waals surface area contributed by atoms with E-state index >= 15 is 0 Å². The molecule has 0 bridgehead atoms. The van der Waals surface area contributed by atoms with Crippen LogP contribution in [0.2, 0.25) is 5.02 Å². The van der Waals surface area contributed by atoms with Crippen molar-refractivity contribution in [2.75, 3.05) is 5.75 Å². The van der Waals surface area contributed by atoms with Gasteiger partial charge in [-0.3, -0.25) is 0 Å². The van der Waals surface area contributed by atoms with Gasteiger partial charge in [-0.2, -0.15) is 0 Å². The van der Waals surface area contributed by atoms with E-state index in [0.717, 1.165) is 22.6 Å². The van der Waals surface area contributed by atoms with Gasteiger partial charge in [-0.05, 0) is 42.9 Å². The van der Waals surface area contributed by atoms with Crippen molar-refractivity contribution in [3.8, 4) is 0 Å². The van der Waals surface area contributed by atoms with Gasteiger partial charge in [0.25, 0.3) is 10.0 Å². The van der Waals surface area contributed by atoms with Crippen molar-refractivity contribution in [1.82, 2.24) is 14.7 Å². The fourth-order valence-electron chi connectivity index (χ4n) is 2.27. The van der Waals surface area contributed by atoms with Crippen LogP contribution in [-0.2, 0) is 10.0 Å². The van der Waals surface area contributed by atoms with E-state index in [0.29, 0.717) is 10.8 Å². The molecule has 1 aliphatic rings. The van der Waals surface area contributed by atoms with Crippen LogP contribution in [0.3, 0.4) is 0 Å². The van der Waals surface area contributed by atoms with Gasteiger partial charge in [0.1, 0.15) is 5.82 Å². The highest BCUT2D eigenvalue weighted by Crippen LogP contribution is 2.38. The number of thioether (sulfide) groups is 1. The van der Waals surface area contributed by atoms with E-state index in [2.05, 4.69) is 14.7 Å². The Kier molecular flexibility index (Phi) is 4.00. The number of aromatic amines is 1. The molecule has 2 N–H and O–H groups in total. The monoisotopic (exact) mass is 343 g/mol. The summed E-state index contributed by atoms with van der Waals surface area (Å²) in [5, 5.41) is 0.694. The van der Waals surface area contributed by atoms with Gasteiger partial charge in [-0.25, -0.2) is 18.1 Å². The average Bonchev–Trinajstić information content (AvgIpc) is 2.87. The van der Waals surface area contributed by atoms with Gasteiger partial charge in [0.2, 0.25) is 0 Å². The third-order valence-electron chi connectivity index (χ3n) is 3.28. The molecule has 0 saturated carbocycles. The van der Waals surface area contributed by atoms with Crippen molar-refractivity contribution in [3.05, 3.63) is 40.8 Å². The van der Waals surface area contributed by atoms with E-state index in [9.17, 15) is 8.42 Å². The highest BCUT2D eigenvalue weighted by atomic mass is 35.5. The summed E-state index contributed by atoms with van der Waals surface area (Å²) in [6.45, 7) is 1.71. The minimum atomic E-state index is -3.62. The third-order valence-corrected chi connectivity index (χ3v) is 6.02. The number of nitrogens with zero attached hydrogens (tertiary/aromatic N) is 1. The number of rotatable bonds is 3. The lowest BCUT2D eigenvalue weighted by Gasteiger charge is -2.25. The Bertz CT molecular complexity index is 773. The van der Waals surface area contributed by atoms with Crippen LogP contribution in [0.1, 0.15) is 23.9 Å². The zero-order chi connectivity index (χ0) is 15.0. The second-order valence-corrected chi connectivity index (χ2v) is 8.08.